The molecule has 0 saturated carbocycles. The minimum Gasteiger partial charge on any atom is -0.446 e. The monoisotopic (exact) mass is 394 g/mol. The van der Waals surface area contributed by atoms with E-state index in [4.69, 9.17) is 9.47 Å². The predicted molar refractivity (Wildman–Crippen MR) is 109 cm³/mol. The number of esters is 2. The van der Waals surface area contributed by atoms with Crippen molar-refractivity contribution in [3.8, 4) is 5.75 Å². The number of ether oxygens (including phenoxy) is 2. The van der Waals surface area contributed by atoms with Crippen molar-refractivity contribution in [1.82, 2.24) is 0 Å². The van der Waals surface area contributed by atoms with Gasteiger partial charge in [-0.05, 0) is 35.1 Å². The number of hydrogen-bond donors (Lipinski definition) is 0. The first-order valence-electron chi connectivity index (χ1n) is 9.70. The number of rotatable bonds is 3. The van der Waals surface area contributed by atoms with Crippen LogP contribution in [0, 0.1) is 0 Å². The summed E-state index contributed by atoms with van der Waals surface area (Å²) in [6, 6.07) is 12.7. The molecule has 0 fully saturated rings. The molecule has 0 aromatic heterocycles. The Kier molecular flexibility index (Phi) is 5.35. The molecule has 0 heterocycles. The van der Waals surface area contributed by atoms with E-state index in [2.05, 4.69) is 0 Å². The van der Waals surface area contributed by atoms with Crippen LogP contribution in [0.4, 0.5) is 0 Å². The summed E-state index contributed by atoms with van der Waals surface area (Å²) >= 11 is 0. The number of carbonyl (C=O) groups is 3. The van der Waals surface area contributed by atoms with Gasteiger partial charge in [0.25, 0.3) is 0 Å². The smallest absolute Gasteiger partial charge is 0.308 e. The van der Waals surface area contributed by atoms with Crippen molar-refractivity contribution in [3.05, 3.63) is 64.7 Å². The molecular weight excluding hydrogens is 368 g/mol. The standard InChI is InChI=1S/C24H26O5/c1-15(25)28-21-11-10-18(23(3,4)5)14-20(21)24(29-16(2)26)13-12-17-8-6-7-9-19(17)22(24)27/h6-11,14H,12-13H2,1-5H3. The predicted octanol–water partition coefficient (Wildman–Crippen LogP) is 4.50. The van der Waals surface area contributed by atoms with Crippen LogP contribution in [0.3, 0.4) is 0 Å². The summed E-state index contributed by atoms with van der Waals surface area (Å²) in [6.07, 6.45) is 0.846. The maximum atomic E-state index is 13.7. The molecule has 1 aliphatic carbocycles. The van der Waals surface area contributed by atoms with E-state index < -0.39 is 17.5 Å². The van der Waals surface area contributed by atoms with Gasteiger partial charge in [0.05, 0.1) is 0 Å². The van der Waals surface area contributed by atoms with Gasteiger partial charge in [-0.25, -0.2) is 0 Å². The number of aryl methyl sites for hydroxylation is 1. The Morgan fingerprint density at radius 2 is 1.69 bits per heavy atom. The first-order valence-corrected chi connectivity index (χ1v) is 9.70. The van der Waals surface area contributed by atoms with Crippen LogP contribution in [0.25, 0.3) is 0 Å². The highest BCUT2D eigenvalue weighted by Gasteiger charge is 2.49. The molecule has 0 bridgehead atoms. The lowest BCUT2D eigenvalue weighted by molar-refractivity contribution is -0.154. The quantitative estimate of drug-likeness (QED) is 0.566. The SMILES string of the molecule is CC(=O)Oc1ccc(C(C)(C)C)cc1C1(OC(C)=O)CCc2ccccc2C1=O. The van der Waals surface area contributed by atoms with Crippen LogP contribution in [0.5, 0.6) is 5.75 Å². The molecule has 0 aliphatic heterocycles. The van der Waals surface area contributed by atoms with Crippen LogP contribution in [-0.4, -0.2) is 17.7 Å². The zero-order chi connectivity index (χ0) is 21.4. The van der Waals surface area contributed by atoms with Gasteiger partial charge in [-0.1, -0.05) is 51.1 Å². The van der Waals surface area contributed by atoms with Gasteiger partial charge in [-0.3, -0.25) is 14.4 Å². The Bertz CT molecular complexity index is 983. The molecule has 5 nitrogen and oxygen atoms in total. The number of carbonyl (C=O) groups excluding carboxylic acids is 3. The topological polar surface area (TPSA) is 69.7 Å². The lowest BCUT2D eigenvalue weighted by Crippen LogP contribution is -2.44. The number of hydrogen-bond acceptors (Lipinski definition) is 5. The molecule has 1 unspecified atom stereocenters. The minimum absolute atomic E-state index is 0.212. The second kappa shape index (κ2) is 7.47. The fourth-order valence-corrected chi connectivity index (χ4v) is 3.81. The van der Waals surface area contributed by atoms with E-state index in [-0.39, 0.29) is 23.4 Å². The molecule has 152 valence electrons. The Morgan fingerprint density at radius 3 is 2.31 bits per heavy atom. The molecule has 1 atom stereocenters. The van der Waals surface area contributed by atoms with E-state index in [1.807, 2.05) is 45.0 Å². The van der Waals surface area contributed by atoms with Crippen LogP contribution >= 0.6 is 0 Å². The molecule has 29 heavy (non-hydrogen) atoms. The molecule has 0 spiro atoms. The fourth-order valence-electron chi connectivity index (χ4n) is 3.81. The lowest BCUT2D eigenvalue weighted by atomic mass is 9.73. The van der Waals surface area contributed by atoms with Crippen molar-refractivity contribution >= 4 is 17.7 Å². The Balaban J connectivity index is 2.28. The Labute approximate surface area is 171 Å². The van der Waals surface area contributed by atoms with E-state index in [1.165, 1.54) is 13.8 Å². The molecule has 3 rings (SSSR count). The van der Waals surface area contributed by atoms with Crippen LogP contribution in [0.1, 0.15) is 68.1 Å². The number of fused-ring (bicyclic) bond motifs is 1. The molecule has 5 heteroatoms. The average Bonchev–Trinajstić information content (AvgIpc) is 2.63. The van der Waals surface area contributed by atoms with Crippen LogP contribution in [0.2, 0.25) is 0 Å². The third-order valence-electron chi connectivity index (χ3n) is 5.23. The van der Waals surface area contributed by atoms with Gasteiger partial charge in [-0.2, -0.15) is 0 Å². The van der Waals surface area contributed by atoms with Gasteiger partial charge in [0.2, 0.25) is 11.4 Å². The summed E-state index contributed by atoms with van der Waals surface area (Å²) in [5.74, 6) is -1.13. The first kappa shape index (κ1) is 20.8. The van der Waals surface area contributed by atoms with Gasteiger partial charge in [0, 0.05) is 31.4 Å². The van der Waals surface area contributed by atoms with Gasteiger partial charge >= 0.3 is 11.9 Å². The summed E-state index contributed by atoms with van der Waals surface area (Å²) in [5.41, 5.74) is 1.05. The highest BCUT2D eigenvalue weighted by molar-refractivity contribution is 6.06. The van der Waals surface area contributed by atoms with Gasteiger partial charge in [0.1, 0.15) is 5.75 Å². The Morgan fingerprint density at radius 1 is 1.00 bits per heavy atom. The van der Waals surface area contributed by atoms with E-state index >= 15 is 0 Å². The molecule has 2 aromatic rings. The van der Waals surface area contributed by atoms with Crippen molar-refractivity contribution in [2.24, 2.45) is 0 Å². The number of benzene rings is 2. The third-order valence-corrected chi connectivity index (χ3v) is 5.23. The largest absolute Gasteiger partial charge is 0.446 e. The molecular formula is C24H26O5. The maximum absolute atomic E-state index is 13.7. The Hall–Kier alpha value is -2.95. The van der Waals surface area contributed by atoms with Gasteiger partial charge in [0.15, 0.2) is 0 Å². The van der Waals surface area contributed by atoms with Crippen molar-refractivity contribution in [2.45, 2.75) is 58.5 Å². The molecule has 0 radical (unpaired) electrons. The molecule has 0 N–H and O–H groups in total. The normalized spacial score (nSPS) is 18.7. The highest BCUT2D eigenvalue weighted by atomic mass is 16.6. The van der Waals surface area contributed by atoms with E-state index in [9.17, 15) is 14.4 Å². The highest BCUT2D eigenvalue weighted by Crippen LogP contribution is 2.45. The summed E-state index contributed by atoms with van der Waals surface area (Å²) in [5, 5.41) is 0. The first-order chi connectivity index (χ1) is 13.5. The minimum atomic E-state index is -1.54. The number of ketones is 1. The van der Waals surface area contributed by atoms with Crippen LogP contribution in [0.15, 0.2) is 42.5 Å². The molecule has 0 saturated heterocycles. The molecule has 2 aromatic carbocycles. The van der Waals surface area contributed by atoms with E-state index in [1.54, 1.807) is 18.2 Å². The van der Waals surface area contributed by atoms with Crippen molar-refractivity contribution < 1.29 is 23.9 Å². The van der Waals surface area contributed by atoms with Crippen molar-refractivity contribution in [1.29, 1.82) is 0 Å². The lowest BCUT2D eigenvalue weighted by Gasteiger charge is -2.37. The van der Waals surface area contributed by atoms with Gasteiger partial charge < -0.3 is 9.47 Å². The molecule has 1 aliphatic rings. The van der Waals surface area contributed by atoms with Crippen molar-refractivity contribution in [3.63, 3.8) is 0 Å². The zero-order valence-electron chi connectivity index (χ0n) is 17.5. The van der Waals surface area contributed by atoms with Crippen LogP contribution in [-0.2, 0) is 31.8 Å². The van der Waals surface area contributed by atoms with Gasteiger partial charge in [-0.15, -0.1) is 0 Å². The van der Waals surface area contributed by atoms with E-state index in [0.717, 1.165) is 11.1 Å². The second-order valence-corrected chi connectivity index (χ2v) is 8.46. The maximum Gasteiger partial charge on any atom is 0.308 e. The summed E-state index contributed by atoms with van der Waals surface area (Å²) in [6.45, 7) is 8.74. The van der Waals surface area contributed by atoms with Crippen molar-refractivity contribution in [2.75, 3.05) is 0 Å². The van der Waals surface area contributed by atoms with Crippen LogP contribution < -0.4 is 4.74 Å². The fraction of sp³-hybridized carbons (Fsp3) is 0.375. The summed E-state index contributed by atoms with van der Waals surface area (Å²) in [4.78, 5) is 37.5. The zero-order valence-corrected chi connectivity index (χ0v) is 17.5. The van der Waals surface area contributed by atoms with E-state index in [0.29, 0.717) is 17.5 Å². The second-order valence-electron chi connectivity index (χ2n) is 8.46. The third kappa shape index (κ3) is 3.95. The number of Topliss-reactive ketones (excluding diaryl/α,β-unsaturated/α-hetero) is 1. The summed E-state index contributed by atoms with van der Waals surface area (Å²) < 4.78 is 11.2. The average molecular weight is 394 g/mol. The molecule has 0 amide bonds. The summed E-state index contributed by atoms with van der Waals surface area (Å²) in [7, 11) is 0.